The maximum atomic E-state index is 12.5. The van der Waals surface area contributed by atoms with Gasteiger partial charge in [-0.3, -0.25) is 9.89 Å². The number of nitrogens with one attached hydrogen (secondary N) is 2. The normalized spacial score (nSPS) is 16.5. The van der Waals surface area contributed by atoms with Crippen LogP contribution in [0.2, 0.25) is 0 Å². The van der Waals surface area contributed by atoms with E-state index in [-0.39, 0.29) is 5.91 Å². The Kier molecular flexibility index (Phi) is 5.58. The Bertz CT molecular complexity index is 960. The molecule has 0 bridgehead atoms. The highest BCUT2D eigenvalue weighted by Gasteiger charge is 2.14. The highest BCUT2D eigenvalue weighted by atomic mass is 16.5. The van der Waals surface area contributed by atoms with Crippen LogP contribution >= 0.6 is 0 Å². The van der Waals surface area contributed by atoms with E-state index in [4.69, 9.17) is 10.5 Å². The number of H-pyrrole nitrogens is 1. The molecule has 6 heteroatoms. The number of aromatic nitrogens is 2. The van der Waals surface area contributed by atoms with E-state index in [9.17, 15) is 4.79 Å². The Labute approximate surface area is 164 Å². The number of anilines is 1. The summed E-state index contributed by atoms with van der Waals surface area (Å²) in [7, 11) is 0. The van der Waals surface area contributed by atoms with Crippen molar-refractivity contribution in [1.29, 1.82) is 0 Å². The second-order valence-corrected chi connectivity index (χ2v) is 7.34. The van der Waals surface area contributed by atoms with Gasteiger partial charge in [0.05, 0.1) is 11.6 Å². The number of aromatic amines is 1. The minimum Gasteiger partial charge on any atom is -0.382 e. The monoisotopic (exact) mass is 378 g/mol. The Morgan fingerprint density at radius 3 is 2.96 bits per heavy atom. The van der Waals surface area contributed by atoms with Gasteiger partial charge in [-0.2, -0.15) is 5.10 Å². The third-order valence-electron chi connectivity index (χ3n) is 5.31. The summed E-state index contributed by atoms with van der Waals surface area (Å²) in [5.74, 6) is 0.441. The molecular formula is C22H26N4O2. The maximum absolute atomic E-state index is 12.5. The highest BCUT2D eigenvalue weighted by Crippen LogP contribution is 2.27. The summed E-state index contributed by atoms with van der Waals surface area (Å²) < 4.78 is 5.63. The molecule has 1 amide bonds. The largest absolute Gasteiger partial charge is 0.382 e. The van der Waals surface area contributed by atoms with Gasteiger partial charge in [-0.25, -0.2) is 0 Å². The fraction of sp³-hybridized carbons (Fsp3) is 0.364. The molecule has 1 aliphatic rings. The lowest BCUT2D eigenvalue weighted by Gasteiger charge is -2.10. The quantitative estimate of drug-likeness (QED) is 0.544. The molecule has 1 aliphatic heterocycles. The standard InChI is InChI=1S/C22H26N4O2/c23-21-19-14-16(9-10-20(19)25-26-21)15-5-3-6-17(13-15)22(27)24-11-2-1-7-18-8-4-12-28-18/h3,5-6,9-10,13-14,18H,1-2,4,7-8,11-12H2,(H,24,27)(H3,23,25,26)/t18-/m0/s1. The number of ether oxygens (including phenoxy) is 1. The van der Waals surface area contributed by atoms with Crippen LogP contribution in [0.25, 0.3) is 22.0 Å². The Balaban J connectivity index is 1.35. The Hall–Kier alpha value is -2.86. The van der Waals surface area contributed by atoms with Gasteiger partial charge in [-0.15, -0.1) is 0 Å². The summed E-state index contributed by atoms with van der Waals surface area (Å²) in [6, 6.07) is 13.6. The van der Waals surface area contributed by atoms with Crippen LogP contribution in [0.1, 0.15) is 42.5 Å². The zero-order chi connectivity index (χ0) is 19.3. The molecule has 0 unspecified atom stereocenters. The van der Waals surface area contributed by atoms with Crippen molar-refractivity contribution in [3.63, 3.8) is 0 Å². The van der Waals surface area contributed by atoms with E-state index in [2.05, 4.69) is 15.5 Å². The lowest BCUT2D eigenvalue weighted by molar-refractivity contribution is 0.0947. The van der Waals surface area contributed by atoms with Gasteiger partial charge in [0.1, 0.15) is 0 Å². The number of carbonyl (C=O) groups is 1. The number of fused-ring (bicyclic) bond motifs is 1. The summed E-state index contributed by atoms with van der Waals surface area (Å²) in [6.07, 6.45) is 5.92. The number of hydrogen-bond acceptors (Lipinski definition) is 4. The van der Waals surface area contributed by atoms with Crippen LogP contribution in [0.5, 0.6) is 0 Å². The number of nitrogens with zero attached hydrogens (tertiary/aromatic N) is 1. The first-order chi connectivity index (χ1) is 13.7. The summed E-state index contributed by atoms with van der Waals surface area (Å²) in [5.41, 5.74) is 9.46. The van der Waals surface area contributed by atoms with Crippen molar-refractivity contribution in [2.24, 2.45) is 0 Å². The van der Waals surface area contributed by atoms with Crippen LogP contribution in [-0.2, 0) is 4.74 Å². The lowest BCUT2D eigenvalue weighted by Crippen LogP contribution is -2.24. The van der Waals surface area contributed by atoms with Crippen LogP contribution < -0.4 is 11.1 Å². The molecule has 3 aromatic rings. The zero-order valence-electron chi connectivity index (χ0n) is 15.9. The molecule has 1 fully saturated rings. The molecule has 146 valence electrons. The molecule has 6 nitrogen and oxygen atoms in total. The van der Waals surface area contributed by atoms with Gasteiger partial charge < -0.3 is 15.8 Å². The summed E-state index contributed by atoms with van der Waals surface area (Å²) in [6.45, 7) is 1.59. The number of nitrogen functional groups attached to an aromatic ring is 1. The summed E-state index contributed by atoms with van der Waals surface area (Å²) in [5, 5.41) is 10.8. The van der Waals surface area contributed by atoms with E-state index in [0.29, 0.717) is 24.0 Å². The number of carbonyl (C=O) groups excluding carboxylic acids is 1. The highest BCUT2D eigenvalue weighted by molar-refractivity contribution is 5.96. The molecule has 0 saturated carbocycles. The molecule has 0 aliphatic carbocycles. The first kappa shape index (κ1) is 18.5. The van der Waals surface area contributed by atoms with Gasteiger partial charge in [-0.05, 0) is 67.5 Å². The number of nitrogens with two attached hydrogens (primary N) is 1. The molecule has 0 spiro atoms. The van der Waals surface area contributed by atoms with Crippen LogP contribution in [0.15, 0.2) is 42.5 Å². The van der Waals surface area contributed by atoms with Gasteiger partial charge in [0, 0.05) is 24.1 Å². The molecule has 1 atom stereocenters. The van der Waals surface area contributed by atoms with Crippen molar-refractivity contribution < 1.29 is 9.53 Å². The first-order valence-corrected chi connectivity index (χ1v) is 9.94. The molecule has 4 rings (SSSR count). The minimum atomic E-state index is -0.0390. The van der Waals surface area contributed by atoms with Gasteiger partial charge in [0.25, 0.3) is 5.91 Å². The number of amides is 1. The lowest BCUT2D eigenvalue weighted by atomic mass is 10.0. The third-order valence-corrected chi connectivity index (χ3v) is 5.31. The number of benzene rings is 2. The topological polar surface area (TPSA) is 93.0 Å². The van der Waals surface area contributed by atoms with Crippen molar-refractivity contribution in [2.45, 2.75) is 38.2 Å². The molecule has 2 heterocycles. The molecule has 0 radical (unpaired) electrons. The van der Waals surface area contributed by atoms with E-state index in [1.165, 1.54) is 12.8 Å². The van der Waals surface area contributed by atoms with Gasteiger partial charge >= 0.3 is 0 Å². The van der Waals surface area contributed by atoms with Crippen molar-refractivity contribution in [1.82, 2.24) is 15.5 Å². The Morgan fingerprint density at radius 2 is 2.11 bits per heavy atom. The second kappa shape index (κ2) is 8.44. The molecule has 4 N–H and O–H groups in total. The van der Waals surface area contributed by atoms with E-state index >= 15 is 0 Å². The maximum Gasteiger partial charge on any atom is 0.251 e. The van der Waals surface area contributed by atoms with Gasteiger partial charge in [-0.1, -0.05) is 18.2 Å². The van der Waals surface area contributed by atoms with E-state index in [0.717, 1.165) is 47.9 Å². The van der Waals surface area contributed by atoms with Gasteiger partial charge in [0.15, 0.2) is 5.82 Å². The summed E-state index contributed by atoms with van der Waals surface area (Å²) in [4.78, 5) is 12.5. The average molecular weight is 378 g/mol. The minimum absolute atomic E-state index is 0.0390. The van der Waals surface area contributed by atoms with Crippen LogP contribution in [0.3, 0.4) is 0 Å². The number of rotatable bonds is 7. The van der Waals surface area contributed by atoms with E-state index in [1.54, 1.807) is 0 Å². The van der Waals surface area contributed by atoms with Crippen LogP contribution in [0.4, 0.5) is 5.82 Å². The zero-order valence-corrected chi connectivity index (χ0v) is 15.9. The predicted molar refractivity (Wildman–Crippen MR) is 111 cm³/mol. The SMILES string of the molecule is Nc1n[nH]c2ccc(-c3cccc(C(=O)NCCCC[C@H]4CCCO4)c3)cc12. The fourth-order valence-electron chi connectivity index (χ4n) is 3.73. The molecule has 1 aromatic heterocycles. The van der Waals surface area contributed by atoms with E-state index in [1.807, 2.05) is 42.5 Å². The van der Waals surface area contributed by atoms with Crippen molar-refractivity contribution in [3.8, 4) is 11.1 Å². The average Bonchev–Trinajstić information content (AvgIpc) is 3.37. The molecule has 1 saturated heterocycles. The fourth-order valence-corrected chi connectivity index (χ4v) is 3.73. The third kappa shape index (κ3) is 4.17. The molecule has 28 heavy (non-hydrogen) atoms. The number of unbranched alkanes of at least 4 members (excludes halogenated alkanes) is 1. The Morgan fingerprint density at radius 1 is 1.21 bits per heavy atom. The summed E-state index contributed by atoms with van der Waals surface area (Å²) >= 11 is 0. The second-order valence-electron chi connectivity index (χ2n) is 7.34. The van der Waals surface area contributed by atoms with Crippen molar-refractivity contribution in [2.75, 3.05) is 18.9 Å². The van der Waals surface area contributed by atoms with Crippen molar-refractivity contribution >= 4 is 22.6 Å². The predicted octanol–water partition coefficient (Wildman–Crippen LogP) is 3.89. The van der Waals surface area contributed by atoms with Crippen molar-refractivity contribution in [3.05, 3.63) is 48.0 Å². The van der Waals surface area contributed by atoms with E-state index < -0.39 is 0 Å². The smallest absolute Gasteiger partial charge is 0.251 e. The van der Waals surface area contributed by atoms with Crippen LogP contribution in [0, 0.1) is 0 Å². The van der Waals surface area contributed by atoms with Gasteiger partial charge in [0.2, 0.25) is 0 Å². The number of hydrogen-bond donors (Lipinski definition) is 3. The first-order valence-electron chi connectivity index (χ1n) is 9.94. The molecule has 2 aromatic carbocycles. The van der Waals surface area contributed by atoms with Crippen LogP contribution in [-0.4, -0.2) is 35.4 Å². The molecular weight excluding hydrogens is 352 g/mol.